The third kappa shape index (κ3) is 1.07. The second-order valence-corrected chi connectivity index (χ2v) is 2.81. The van der Waals surface area contributed by atoms with Gasteiger partial charge in [0, 0.05) is 11.8 Å². The van der Waals surface area contributed by atoms with Crippen LogP contribution >= 0.6 is 0 Å². The van der Waals surface area contributed by atoms with Gasteiger partial charge in [0.2, 0.25) is 5.78 Å². The summed E-state index contributed by atoms with van der Waals surface area (Å²) < 4.78 is 0. The molecule has 0 fully saturated rings. The second-order valence-electron chi connectivity index (χ2n) is 2.81. The zero-order valence-corrected chi connectivity index (χ0v) is 6.94. The average Bonchev–Trinajstić information content (AvgIpc) is 2.15. The molecule has 0 radical (unpaired) electrons. The Labute approximate surface area is 74.3 Å². The summed E-state index contributed by atoms with van der Waals surface area (Å²) in [4.78, 5) is 30.2. The molecule has 0 saturated carbocycles. The molecule has 0 bridgehead atoms. The highest BCUT2D eigenvalue weighted by Gasteiger charge is 2.23. The molecule has 4 nitrogen and oxygen atoms in total. The van der Waals surface area contributed by atoms with E-state index in [9.17, 15) is 9.59 Å². The molecule has 1 heterocycles. The Morgan fingerprint density at radius 2 is 2.08 bits per heavy atom. The number of hydrogen-bond donors (Lipinski definition) is 0. The number of aromatic nitrogens is 2. The predicted molar refractivity (Wildman–Crippen MR) is 44.5 cm³/mol. The summed E-state index contributed by atoms with van der Waals surface area (Å²) in [6, 6.07) is 0. The molecule has 0 saturated heterocycles. The minimum absolute atomic E-state index is 0.171. The Kier molecular flexibility index (Phi) is 1.55. The predicted octanol–water partition coefficient (Wildman–Crippen LogP) is 0.802. The van der Waals surface area contributed by atoms with Crippen molar-refractivity contribution >= 4 is 11.6 Å². The molecular weight excluding hydrogens is 168 g/mol. The van der Waals surface area contributed by atoms with Crippen LogP contribution in [-0.2, 0) is 0 Å². The minimum atomic E-state index is -0.227. The number of rotatable bonds is 0. The van der Waals surface area contributed by atoms with Crippen LogP contribution in [0.25, 0.3) is 0 Å². The highest BCUT2D eigenvalue weighted by molar-refractivity contribution is 6.23. The van der Waals surface area contributed by atoms with E-state index >= 15 is 0 Å². The van der Waals surface area contributed by atoms with Gasteiger partial charge >= 0.3 is 0 Å². The first-order valence-corrected chi connectivity index (χ1v) is 3.77. The van der Waals surface area contributed by atoms with Gasteiger partial charge in [-0.1, -0.05) is 0 Å². The Hall–Kier alpha value is -1.84. The number of carbonyl (C=O) groups excluding carboxylic acids is 2. The van der Waals surface area contributed by atoms with Crippen molar-refractivity contribution in [3.8, 4) is 0 Å². The summed E-state index contributed by atoms with van der Waals surface area (Å²) in [7, 11) is 0. The SMILES string of the molecule is CC1=CC(=O)c2ncncc2C1=O. The normalized spacial score (nSPS) is 15.3. The van der Waals surface area contributed by atoms with Crippen molar-refractivity contribution in [2.24, 2.45) is 0 Å². The van der Waals surface area contributed by atoms with Crippen LogP contribution in [-0.4, -0.2) is 21.5 Å². The van der Waals surface area contributed by atoms with Crippen LogP contribution in [0.2, 0.25) is 0 Å². The lowest BCUT2D eigenvalue weighted by molar-refractivity contribution is 0.0980. The first kappa shape index (κ1) is 7.79. The molecule has 64 valence electrons. The minimum Gasteiger partial charge on any atom is -0.289 e. The molecule has 0 atom stereocenters. The lowest BCUT2D eigenvalue weighted by Crippen LogP contribution is -2.17. The first-order valence-electron chi connectivity index (χ1n) is 3.77. The van der Waals surface area contributed by atoms with Gasteiger partial charge in [0.15, 0.2) is 5.78 Å². The molecule has 0 aromatic carbocycles. The summed E-state index contributed by atoms with van der Waals surface area (Å²) >= 11 is 0. The van der Waals surface area contributed by atoms with Gasteiger partial charge in [-0.2, -0.15) is 0 Å². The molecule has 13 heavy (non-hydrogen) atoms. The van der Waals surface area contributed by atoms with Gasteiger partial charge in [0.1, 0.15) is 12.0 Å². The van der Waals surface area contributed by atoms with Crippen molar-refractivity contribution in [3.63, 3.8) is 0 Å². The van der Waals surface area contributed by atoms with Gasteiger partial charge in [-0.05, 0) is 13.0 Å². The largest absolute Gasteiger partial charge is 0.289 e. The molecule has 1 aliphatic carbocycles. The highest BCUT2D eigenvalue weighted by Crippen LogP contribution is 2.17. The Morgan fingerprint density at radius 3 is 2.85 bits per heavy atom. The van der Waals surface area contributed by atoms with Gasteiger partial charge in [-0.25, -0.2) is 9.97 Å². The van der Waals surface area contributed by atoms with E-state index in [0.29, 0.717) is 11.1 Å². The number of ketones is 2. The lowest BCUT2D eigenvalue weighted by atomic mass is 9.96. The fraction of sp³-hybridized carbons (Fsp3) is 0.111. The maximum Gasteiger partial charge on any atom is 0.205 e. The number of Topliss-reactive ketones (excluding diaryl/α,β-unsaturated/α-hetero) is 1. The lowest BCUT2D eigenvalue weighted by Gasteiger charge is -2.09. The number of fused-ring (bicyclic) bond motifs is 1. The van der Waals surface area contributed by atoms with Crippen molar-refractivity contribution in [2.45, 2.75) is 6.92 Å². The fourth-order valence-electron chi connectivity index (χ4n) is 1.24. The molecule has 4 heteroatoms. The maximum atomic E-state index is 11.5. The molecule has 0 unspecified atom stereocenters. The number of allylic oxidation sites excluding steroid dienone is 2. The van der Waals surface area contributed by atoms with Crippen molar-refractivity contribution in [1.82, 2.24) is 9.97 Å². The van der Waals surface area contributed by atoms with Crippen molar-refractivity contribution in [3.05, 3.63) is 35.4 Å². The van der Waals surface area contributed by atoms with E-state index in [1.807, 2.05) is 0 Å². The highest BCUT2D eigenvalue weighted by atomic mass is 16.1. The fourth-order valence-corrected chi connectivity index (χ4v) is 1.24. The quantitative estimate of drug-likeness (QED) is 0.583. The van der Waals surface area contributed by atoms with E-state index in [2.05, 4.69) is 9.97 Å². The second kappa shape index (κ2) is 2.58. The number of carbonyl (C=O) groups is 2. The number of nitrogens with zero attached hydrogens (tertiary/aromatic N) is 2. The Bertz CT molecular complexity index is 435. The molecule has 1 aliphatic rings. The van der Waals surface area contributed by atoms with Crippen LogP contribution in [0, 0.1) is 0 Å². The third-order valence-corrected chi connectivity index (χ3v) is 1.90. The molecule has 0 aliphatic heterocycles. The molecule has 0 spiro atoms. The van der Waals surface area contributed by atoms with Crippen molar-refractivity contribution in [2.75, 3.05) is 0 Å². The summed E-state index contributed by atoms with van der Waals surface area (Å²) in [5, 5.41) is 0. The van der Waals surface area contributed by atoms with Gasteiger partial charge < -0.3 is 0 Å². The summed E-state index contributed by atoms with van der Waals surface area (Å²) in [6.07, 6.45) is 3.94. The smallest absolute Gasteiger partial charge is 0.205 e. The van der Waals surface area contributed by atoms with Crippen LogP contribution in [0.1, 0.15) is 27.8 Å². The van der Waals surface area contributed by atoms with Gasteiger partial charge in [-0.3, -0.25) is 9.59 Å². The van der Waals surface area contributed by atoms with E-state index in [4.69, 9.17) is 0 Å². The zero-order valence-electron chi connectivity index (χ0n) is 6.94. The monoisotopic (exact) mass is 174 g/mol. The van der Waals surface area contributed by atoms with Crippen LogP contribution in [0.4, 0.5) is 0 Å². The van der Waals surface area contributed by atoms with Gasteiger partial charge in [0.25, 0.3) is 0 Å². The standard InChI is InChI=1S/C9H6N2O2/c1-5-2-7(12)8-6(9(5)13)3-10-4-11-8/h2-4H,1H3. The topological polar surface area (TPSA) is 59.9 Å². The Balaban J connectivity index is 2.69. The van der Waals surface area contributed by atoms with Crippen molar-refractivity contribution < 1.29 is 9.59 Å². The van der Waals surface area contributed by atoms with Crippen LogP contribution in [0.15, 0.2) is 24.2 Å². The summed E-state index contributed by atoms with van der Waals surface area (Å²) in [5.41, 5.74) is 0.936. The van der Waals surface area contributed by atoms with E-state index in [-0.39, 0.29) is 17.3 Å². The molecule has 0 N–H and O–H groups in total. The average molecular weight is 174 g/mol. The molecular formula is C9H6N2O2. The van der Waals surface area contributed by atoms with Gasteiger partial charge in [-0.15, -0.1) is 0 Å². The summed E-state index contributed by atoms with van der Waals surface area (Å²) in [6.45, 7) is 1.61. The van der Waals surface area contributed by atoms with Crippen molar-refractivity contribution in [1.29, 1.82) is 0 Å². The van der Waals surface area contributed by atoms with E-state index in [1.54, 1.807) is 6.92 Å². The van der Waals surface area contributed by atoms with E-state index < -0.39 is 0 Å². The zero-order chi connectivity index (χ0) is 9.42. The van der Waals surface area contributed by atoms with Crippen LogP contribution < -0.4 is 0 Å². The summed E-state index contributed by atoms with van der Waals surface area (Å²) in [5.74, 6) is -0.398. The van der Waals surface area contributed by atoms with Gasteiger partial charge in [0.05, 0.1) is 5.56 Å². The van der Waals surface area contributed by atoms with Crippen LogP contribution in [0.5, 0.6) is 0 Å². The molecule has 2 rings (SSSR count). The number of hydrogen-bond acceptors (Lipinski definition) is 4. The molecule has 1 aromatic rings. The van der Waals surface area contributed by atoms with Crippen LogP contribution in [0.3, 0.4) is 0 Å². The maximum absolute atomic E-state index is 11.5. The molecule has 1 aromatic heterocycles. The van der Waals surface area contributed by atoms with E-state index in [1.165, 1.54) is 18.6 Å². The molecule has 0 amide bonds. The third-order valence-electron chi connectivity index (χ3n) is 1.90. The Morgan fingerprint density at radius 1 is 1.31 bits per heavy atom. The first-order chi connectivity index (χ1) is 6.20. The van der Waals surface area contributed by atoms with E-state index in [0.717, 1.165) is 0 Å².